The average Bonchev–Trinajstić information content (AvgIpc) is 4.40. The topological polar surface area (TPSA) is 25.9 Å². The number of benzene rings is 7. The highest BCUT2D eigenvalue weighted by Gasteiger charge is 2.27. The Morgan fingerprint density at radius 1 is 0.513 bits per heavy atom. The quantitative estimate of drug-likeness (QED) is 0.0710. The molecule has 8 aromatic rings. The van der Waals surface area contributed by atoms with E-state index in [-0.39, 0.29) is 0 Å². The highest BCUT2D eigenvalue weighted by Crippen LogP contribution is 2.47. The van der Waals surface area contributed by atoms with E-state index in [2.05, 4.69) is 283 Å². The Balaban J connectivity index is 0.00000340. The van der Waals surface area contributed by atoms with Gasteiger partial charge in [-0.05, 0) is 209 Å². The molecule has 78 heavy (non-hydrogen) atoms. The fourth-order valence-electron chi connectivity index (χ4n) is 10.8. The molecule has 1 heterocycles. The fourth-order valence-corrected chi connectivity index (χ4v) is 10.8. The van der Waals surface area contributed by atoms with Crippen LogP contribution in [-0.4, -0.2) is 4.98 Å². The maximum atomic E-state index is 5.53. The summed E-state index contributed by atoms with van der Waals surface area (Å²) < 4.78 is 0. The third-order valence-electron chi connectivity index (χ3n) is 14.3. The van der Waals surface area contributed by atoms with Gasteiger partial charge in [-0.15, -0.1) is 5.73 Å². The number of rotatable bonds is 16. The van der Waals surface area contributed by atoms with E-state index in [4.69, 9.17) is 4.98 Å². The molecule has 5 nitrogen and oxygen atoms in total. The Labute approximate surface area is 463 Å². The van der Waals surface area contributed by atoms with Crippen LogP contribution in [0.2, 0.25) is 0 Å². The maximum Gasteiger partial charge on any atom is 0.0488 e. The molecular weight excluding hydrogens is 947 g/mol. The number of pyridine rings is 1. The van der Waals surface area contributed by atoms with Crippen molar-refractivity contribution in [3.8, 4) is 22.3 Å². The van der Waals surface area contributed by atoms with E-state index in [9.17, 15) is 0 Å². The predicted molar refractivity (Wildman–Crippen MR) is 333 cm³/mol. The van der Waals surface area contributed by atoms with Gasteiger partial charge in [0.2, 0.25) is 0 Å². The standard InChI is InChI=1S/C71H63N5.C2H6/c1-5-58(45-55-43-44-55)73(59-29-15-6-7-16-30-59)66-46-56(47-67(50-66)74(61-33-19-10-20-34-61)60-31-17-8-9-18-32-60)70-52(2)71(54(4)72-53(70)3)57-48-68(75(62-35-21-11-22-36-62)63-37-23-12-24-38-63)51-69(49-57)76(64-39-25-13-26-40-64)65-41-27-14-28-42-65;1-2/h5-6,10-17,19-42,45-51,55H,1,8-9,18,43-44H2,2-4H3;1-2H3/b58-45+;. The van der Waals surface area contributed by atoms with Crippen molar-refractivity contribution in [1.29, 1.82) is 0 Å². The van der Waals surface area contributed by atoms with Gasteiger partial charge in [0, 0.05) is 90.8 Å². The van der Waals surface area contributed by atoms with Gasteiger partial charge in [0.1, 0.15) is 0 Å². The molecule has 0 unspecified atom stereocenters. The summed E-state index contributed by atoms with van der Waals surface area (Å²) in [6.45, 7) is 15.1. The minimum atomic E-state index is 0.512. The highest BCUT2D eigenvalue weighted by molar-refractivity contribution is 5.91. The maximum absolute atomic E-state index is 5.53. The van der Waals surface area contributed by atoms with Gasteiger partial charge in [0.05, 0.1) is 0 Å². The molecule has 1 fully saturated rings. The number of allylic oxidation sites excluding steroid dienone is 9. The first-order valence-electron chi connectivity index (χ1n) is 27.7. The summed E-state index contributed by atoms with van der Waals surface area (Å²) in [5.74, 6) is 0.512. The zero-order chi connectivity index (χ0) is 53.8. The van der Waals surface area contributed by atoms with Gasteiger partial charge in [-0.3, -0.25) is 4.98 Å². The lowest BCUT2D eigenvalue weighted by atomic mass is 9.89. The molecular formula is C73H69N5. The Bertz CT molecular complexity index is 3420. The van der Waals surface area contributed by atoms with Crippen LogP contribution in [0.1, 0.15) is 62.9 Å². The lowest BCUT2D eigenvalue weighted by molar-refractivity contribution is 0.873. The summed E-state index contributed by atoms with van der Waals surface area (Å²) >= 11 is 0. The zero-order valence-corrected chi connectivity index (χ0v) is 45.7. The highest BCUT2D eigenvalue weighted by atomic mass is 15.2. The Kier molecular flexibility index (Phi) is 16.5. The summed E-state index contributed by atoms with van der Waals surface area (Å²) in [7, 11) is 0. The lowest BCUT2D eigenvalue weighted by Gasteiger charge is -2.32. The van der Waals surface area contributed by atoms with E-state index in [0.717, 1.165) is 127 Å². The van der Waals surface area contributed by atoms with Crippen LogP contribution in [0.15, 0.2) is 278 Å². The normalized spacial score (nSPS) is 13.8. The number of hydrogen-bond acceptors (Lipinski definition) is 5. The predicted octanol–water partition coefficient (Wildman–Crippen LogP) is 20.5. The second kappa shape index (κ2) is 24.7. The molecule has 0 atom stereocenters. The van der Waals surface area contributed by atoms with Crippen LogP contribution in [0.3, 0.4) is 0 Å². The number of aryl methyl sites for hydroxylation is 2. The lowest BCUT2D eigenvalue weighted by Crippen LogP contribution is -2.21. The van der Waals surface area contributed by atoms with Crippen LogP contribution in [0, 0.1) is 26.7 Å². The van der Waals surface area contributed by atoms with Gasteiger partial charge >= 0.3 is 0 Å². The number of anilines is 9. The van der Waals surface area contributed by atoms with Gasteiger partial charge in [-0.1, -0.05) is 136 Å². The van der Waals surface area contributed by atoms with Crippen molar-refractivity contribution in [3.63, 3.8) is 0 Å². The average molecular weight is 1020 g/mol. The molecule has 0 N–H and O–H groups in total. The second-order valence-corrected chi connectivity index (χ2v) is 19.7. The number of aromatic nitrogens is 1. The number of para-hydroxylation sites is 5. The van der Waals surface area contributed by atoms with Gasteiger partial charge < -0.3 is 19.6 Å². The Morgan fingerprint density at radius 2 is 0.962 bits per heavy atom. The van der Waals surface area contributed by atoms with E-state index in [1.54, 1.807) is 0 Å². The van der Waals surface area contributed by atoms with Crippen LogP contribution < -0.4 is 19.6 Å². The van der Waals surface area contributed by atoms with Crippen molar-refractivity contribution in [2.24, 2.45) is 5.92 Å². The molecule has 7 aromatic carbocycles. The first-order valence-corrected chi connectivity index (χ1v) is 27.7. The summed E-state index contributed by atoms with van der Waals surface area (Å²) in [5.41, 5.74) is 23.4. The van der Waals surface area contributed by atoms with Crippen molar-refractivity contribution < 1.29 is 0 Å². The molecule has 0 radical (unpaired) electrons. The van der Waals surface area contributed by atoms with Crippen molar-refractivity contribution in [3.05, 3.63) is 295 Å². The largest absolute Gasteiger partial charge is 0.311 e. The van der Waals surface area contributed by atoms with Crippen molar-refractivity contribution in [2.45, 2.75) is 66.7 Å². The molecule has 3 aliphatic rings. The fraction of sp³-hybridized carbons (Fsp3) is 0.151. The Morgan fingerprint density at radius 3 is 1.44 bits per heavy atom. The van der Waals surface area contributed by atoms with E-state index in [1.807, 2.05) is 32.1 Å². The van der Waals surface area contributed by atoms with Crippen LogP contribution >= 0.6 is 0 Å². The van der Waals surface area contributed by atoms with Gasteiger partial charge in [0.15, 0.2) is 0 Å². The molecule has 1 saturated carbocycles. The van der Waals surface area contributed by atoms with Crippen LogP contribution in [0.4, 0.5) is 51.2 Å². The van der Waals surface area contributed by atoms with Gasteiger partial charge in [-0.2, -0.15) is 0 Å². The zero-order valence-electron chi connectivity index (χ0n) is 45.7. The SMILES string of the molecule is C=C/C(=C\C1CC1)N(C1=CC=C=CC=C1)c1cc(-c2c(C)nc(C)c(-c3cc(N(c4ccccc4)c4ccccc4)cc(N(c4ccccc4)c4ccccc4)c3)c2C)cc(N(C2=CCCCC=C2)c2ccccc2)c1.CC. The summed E-state index contributed by atoms with van der Waals surface area (Å²) in [6.07, 6.45) is 27.3. The molecule has 0 bridgehead atoms. The van der Waals surface area contributed by atoms with Gasteiger partial charge in [-0.25, -0.2) is 0 Å². The molecule has 0 spiro atoms. The van der Waals surface area contributed by atoms with E-state index >= 15 is 0 Å². The summed E-state index contributed by atoms with van der Waals surface area (Å²) in [5, 5.41) is 0. The monoisotopic (exact) mass is 1020 g/mol. The number of hydrogen-bond donors (Lipinski definition) is 0. The number of nitrogens with zero attached hydrogens (tertiary/aromatic N) is 5. The molecule has 11 rings (SSSR count). The van der Waals surface area contributed by atoms with Gasteiger partial charge in [0.25, 0.3) is 0 Å². The summed E-state index contributed by atoms with van der Waals surface area (Å²) in [6, 6.07) is 67.6. The molecule has 386 valence electrons. The molecule has 1 aromatic heterocycles. The second-order valence-electron chi connectivity index (χ2n) is 19.7. The summed E-state index contributed by atoms with van der Waals surface area (Å²) in [4.78, 5) is 15.1. The van der Waals surface area contributed by atoms with Crippen LogP contribution in [0.5, 0.6) is 0 Å². The minimum absolute atomic E-state index is 0.512. The molecule has 0 aliphatic heterocycles. The first kappa shape index (κ1) is 52.3. The molecule has 5 heteroatoms. The smallest absolute Gasteiger partial charge is 0.0488 e. The van der Waals surface area contributed by atoms with Crippen LogP contribution in [0.25, 0.3) is 22.3 Å². The van der Waals surface area contributed by atoms with Crippen molar-refractivity contribution in [1.82, 2.24) is 4.98 Å². The third-order valence-corrected chi connectivity index (χ3v) is 14.3. The van der Waals surface area contributed by atoms with E-state index in [0.29, 0.717) is 5.92 Å². The van der Waals surface area contributed by atoms with Crippen molar-refractivity contribution >= 4 is 51.2 Å². The Hall–Kier alpha value is -9.15. The molecule has 0 saturated heterocycles. The van der Waals surface area contributed by atoms with Crippen LogP contribution in [-0.2, 0) is 0 Å². The van der Waals surface area contributed by atoms with E-state index < -0.39 is 0 Å². The third kappa shape index (κ3) is 11.6. The molecule has 0 amide bonds. The molecule has 3 aliphatic carbocycles. The van der Waals surface area contributed by atoms with Crippen molar-refractivity contribution in [2.75, 3.05) is 19.6 Å². The van der Waals surface area contributed by atoms with E-state index in [1.165, 1.54) is 12.8 Å². The minimum Gasteiger partial charge on any atom is -0.311 e. The first-order chi connectivity index (χ1) is 38.4.